The fourth-order valence-electron chi connectivity index (χ4n) is 2.10. The molecule has 2 aromatic rings. The van der Waals surface area contributed by atoms with Crippen LogP contribution in [0.5, 0.6) is 5.75 Å². The van der Waals surface area contributed by atoms with Crippen molar-refractivity contribution in [3.8, 4) is 5.75 Å². The van der Waals surface area contributed by atoms with Crippen LogP contribution in [0.4, 0.5) is 17.3 Å². The van der Waals surface area contributed by atoms with Crippen LogP contribution >= 0.6 is 11.6 Å². The molecule has 0 atom stereocenters. The van der Waals surface area contributed by atoms with Crippen LogP contribution in [-0.2, 0) is 0 Å². The van der Waals surface area contributed by atoms with Crippen LogP contribution in [0.3, 0.4) is 0 Å². The topological polar surface area (TPSA) is 73.1 Å². The van der Waals surface area contributed by atoms with Crippen LogP contribution in [0.1, 0.15) is 30.1 Å². The van der Waals surface area contributed by atoms with Crippen molar-refractivity contribution in [1.82, 2.24) is 9.97 Å². The highest BCUT2D eigenvalue weighted by molar-refractivity contribution is 6.31. The Morgan fingerprint density at radius 1 is 1.33 bits per heavy atom. The van der Waals surface area contributed by atoms with Gasteiger partial charge in [-0.1, -0.05) is 11.6 Å². The van der Waals surface area contributed by atoms with E-state index in [1.165, 1.54) is 0 Å². The van der Waals surface area contributed by atoms with Gasteiger partial charge in [0.2, 0.25) is 0 Å². The van der Waals surface area contributed by atoms with Gasteiger partial charge in [-0.05, 0) is 38.0 Å². The molecule has 3 N–H and O–H groups in total. The van der Waals surface area contributed by atoms with E-state index in [-0.39, 0.29) is 0 Å². The van der Waals surface area contributed by atoms with Gasteiger partial charge in [0.1, 0.15) is 23.2 Å². The average Bonchev–Trinajstić information content (AvgIpc) is 3.28. The molecule has 5 nitrogen and oxygen atoms in total. The Balaban J connectivity index is 1.99. The Labute approximate surface area is 128 Å². The monoisotopic (exact) mass is 304 g/mol. The smallest absolute Gasteiger partial charge is 0.142 e. The van der Waals surface area contributed by atoms with Gasteiger partial charge in [-0.3, -0.25) is 0 Å². The SMILES string of the molecule is COc1ccc(Cl)cc1Nc1nc(C2CC2)nc(N)c1C. The van der Waals surface area contributed by atoms with E-state index >= 15 is 0 Å². The summed E-state index contributed by atoms with van der Waals surface area (Å²) in [5.41, 5.74) is 7.57. The van der Waals surface area contributed by atoms with Gasteiger partial charge in [0.15, 0.2) is 0 Å². The Bertz CT molecular complexity index is 686. The van der Waals surface area contributed by atoms with Crippen molar-refractivity contribution in [2.75, 3.05) is 18.2 Å². The van der Waals surface area contributed by atoms with Gasteiger partial charge in [0.25, 0.3) is 0 Å². The third-order valence-corrected chi connectivity index (χ3v) is 3.79. The quantitative estimate of drug-likeness (QED) is 0.902. The molecule has 0 unspecified atom stereocenters. The number of nitrogen functional groups attached to an aromatic ring is 1. The molecule has 1 aliphatic rings. The minimum absolute atomic E-state index is 0.440. The van der Waals surface area contributed by atoms with Crippen LogP contribution in [0.15, 0.2) is 18.2 Å². The number of methoxy groups -OCH3 is 1. The Morgan fingerprint density at radius 2 is 2.10 bits per heavy atom. The van der Waals surface area contributed by atoms with E-state index in [1.54, 1.807) is 19.2 Å². The van der Waals surface area contributed by atoms with Crippen molar-refractivity contribution in [3.63, 3.8) is 0 Å². The maximum atomic E-state index is 6.05. The van der Waals surface area contributed by atoms with Gasteiger partial charge >= 0.3 is 0 Å². The van der Waals surface area contributed by atoms with Gasteiger partial charge in [-0.15, -0.1) is 0 Å². The van der Waals surface area contributed by atoms with E-state index in [2.05, 4.69) is 15.3 Å². The summed E-state index contributed by atoms with van der Waals surface area (Å²) in [7, 11) is 1.62. The summed E-state index contributed by atoms with van der Waals surface area (Å²) in [4.78, 5) is 8.96. The number of hydrogen-bond acceptors (Lipinski definition) is 5. The number of hydrogen-bond donors (Lipinski definition) is 2. The molecule has 0 spiro atoms. The van der Waals surface area contributed by atoms with Crippen molar-refractivity contribution in [3.05, 3.63) is 34.6 Å². The molecule has 0 aliphatic heterocycles. The Kier molecular flexibility index (Phi) is 3.59. The summed E-state index contributed by atoms with van der Waals surface area (Å²) >= 11 is 6.05. The van der Waals surface area contributed by atoms with Gasteiger partial charge in [-0.25, -0.2) is 9.97 Å². The predicted molar refractivity (Wildman–Crippen MR) is 84.4 cm³/mol. The summed E-state index contributed by atoms with van der Waals surface area (Å²) in [5, 5.41) is 3.88. The first-order valence-electron chi connectivity index (χ1n) is 6.83. The van der Waals surface area contributed by atoms with Crippen LogP contribution in [0.2, 0.25) is 5.02 Å². The van der Waals surface area contributed by atoms with Crippen LogP contribution in [-0.4, -0.2) is 17.1 Å². The maximum Gasteiger partial charge on any atom is 0.142 e. The second kappa shape index (κ2) is 5.41. The zero-order chi connectivity index (χ0) is 15.0. The normalized spacial score (nSPS) is 14.0. The van der Waals surface area contributed by atoms with Gasteiger partial charge in [0.05, 0.1) is 12.8 Å². The molecule has 0 bridgehead atoms. The van der Waals surface area contributed by atoms with E-state index in [0.717, 1.165) is 29.9 Å². The van der Waals surface area contributed by atoms with E-state index in [0.29, 0.717) is 28.3 Å². The lowest BCUT2D eigenvalue weighted by molar-refractivity contribution is 0.417. The van der Waals surface area contributed by atoms with Crippen molar-refractivity contribution < 1.29 is 4.74 Å². The molecular formula is C15H17ClN4O. The molecule has 1 aliphatic carbocycles. The third kappa shape index (κ3) is 2.88. The van der Waals surface area contributed by atoms with Crippen LogP contribution in [0, 0.1) is 6.92 Å². The number of nitrogens with zero attached hydrogens (tertiary/aromatic N) is 2. The fraction of sp³-hybridized carbons (Fsp3) is 0.333. The summed E-state index contributed by atoms with van der Waals surface area (Å²) in [6, 6.07) is 5.39. The molecule has 6 heteroatoms. The summed E-state index contributed by atoms with van der Waals surface area (Å²) in [6.45, 7) is 1.89. The number of nitrogens with two attached hydrogens (primary N) is 1. The molecule has 1 aromatic heterocycles. The lowest BCUT2D eigenvalue weighted by atomic mass is 10.2. The lowest BCUT2D eigenvalue weighted by Crippen LogP contribution is -2.07. The first kappa shape index (κ1) is 13.9. The Morgan fingerprint density at radius 3 is 2.76 bits per heavy atom. The number of ether oxygens (including phenoxy) is 1. The largest absolute Gasteiger partial charge is 0.495 e. The molecule has 1 saturated carbocycles. The van der Waals surface area contributed by atoms with E-state index in [4.69, 9.17) is 22.1 Å². The maximum absolute atomic E-state index is 6.05. The first-order valence-corrected chi connectivity index (χ1v) is 7.21. The minimum Gasteiger partial charge on any atom is -0.495 e. The highest BCUT2D eigenvalue weighted by Crippen LogP contribution is 2.40. The summed E-state index contributed by atoms with van der Waals surface area (Å²) in [5.74, 6) is 3.15. The molecular weight excluding hydrogens is 288 g/mol. The molecule has 0 saturated heterocycles. The minimum atomic E-state index is 0.440. The van der Waals surface area contributed by atoms with Crippen molar-refractivity contribution >= 4 is 28.9 Å². The molecule has 1 heterocycles. The molecule has 0 amide bonds. The van der Waals surface area contributed by atoms with E-state index in [9.17, 15) is 0 Å². The number of halogens is 1. The number of benzene rings is 1. The van der Waals surface area contributed by atoms with Crippen molar-refractivity contribution in [1.29, 1.82) is 0 Å². The molecule has 1 aromatic carbocycles. The predicted octanol–water partition coefficient (Wildman–Crippen LogP) is 3.65. The third-order valence-electron chi connectivity index (χ3n) is 3.56. The first-order chi connectivity index (χ1) is 10.1. The second-order valence-electron chi connectivity index (χ2n) is 5.18. The van der Waals surface area contributed by atoms with Gasteiger partial charge < -0.3 is 15.8 Å². The average molecular weight is 305 g/mol. The Hall–Kier alpha value is -2.01. The zero-order valence-electron chi connectivity index (χ0n) is 12.0. The van der Waals surface area contributed by atoms with Crippen LogP contribution in [0.25, 0.3) is 0 Å². The number of aromatic nitrogens is 2. The highest BCUT2D eigenvalue weighted by atomic mass is 35.5. The molecule has 110 valence electrons. The fourth-order valence-corrected chi connectivity index (χ4v) is 2.28. The van der Waals surface area contributed by atoms with Crippen LogP contribution < -0.4 is 15.8 Å². The molecule has 1 fully saturated rings. The molecule has 0 radical (unpaired) electrons. The van der Waals surface area contributed by atoms with E-state index in [1.807, 2.05) is 13.0 Å². The van der Waals surface area contributed by atoms with Gasteiger partial charge in [0, 0.05) is 16.5 Å². The standard InChI is InChI=1S/C15H17ClN4O/c1-8-13(17)19-15(9-3-4-9)20-14(8)18-11-7-10(16)5-6-12(11)21-2/h5-7,9H,3-4H2,1-2H3,(H3,17,18,19,20). The summed E-state index contributed by atoms with van der Waals surface area (Å²) < 4.78 is 5.34. The van der Waals surface area contributed by atoms with Crippen molar-refractivity contribution in [2.24, 2.45) is 0 Å². The van der Waals surface area contributed by atoms with E-state index < -0.39 is 0 Å². The second-order valence-corrected chi connectivity index (χ2v) is 5.62. The zero-order valence-corrected chi connectivity index (χ0v) is 12.7. The molecule has 3 rings (SSSR count). The van der Waals surface area contributed by atoms with Crippen molar-refractivity contribution in [2.45, 2.75) is 25.7 Å². The highest BCUT2D eigenvalue weighted by Gasteiger charge is 2.28. The number of anilines is 3. The van der Waals surface area contributed by atoms with Gasteiger partial charge in [-0.2, -0.15) is 0 Å². The number of nitrogens with one attached hydrogen (secondary N) is 1. The molecule has 21 heavy (non-hydrogen) atoms. The summed E-state index contributed by atoms with van der Waals surface area (Å²) in [6.07, 6.45) is 2.25. The lowest BCUT2D eigenvalue weighted by Gasteiger charge is -2.14. The number of rotatable bonds is 4.